The van der Waals surface area contributed by atoms with Crippen LogP contribution in [0.15, 0.2) is 87.9 Å². The number of aliphatic hydroxyl groups excluding tert-OH is 1. The third-order valence-corrected chi connectivity index (χ3v) is 11.6. The molecule has 4 nitrogen and oxygen atoms in total. The average Bonchev–Trinajstić information content (AvgIpc) is 3.44. The molecule has 10 radical (unpaired) electrons. The van der Waals surface area contributed by atoms with Crippen molar-refractivity contribution in [1.82, 2.24) is 0 Å². The van der Waals surface area contributed by atoms with E-state index in [0.29, 0.717) is 11.4 Å². The van der Waals surface area contributed by atoms with Crippen LogP contribution in [0.2, 0.25) is 0 Å². The van der Waals surface area contributed by atoms with E-state index in [1.54, 1.807) is 24.3 Å². The number of allylic oxidation sites excluding steroid dienone is 2. The van der Waals surface area contributed by atoms with E-state index < -0.39 is 5.41 Å². The van der Waals surface area contributed by atoms with Crippen molar-refractivity contribution < 1.29 is 50.3 Å². The van der Waals surface area contributed by atoms with Gasteiger partial charge in [-0.1, -0.05) is 117 Å². The fourth-order valence-electron chi connectivity index (χ4n) is 6.52. The van der Waals surface area contributed by atoms with Gasteiger partial charge in [-0.15, -0.1) is 0 Å². The van der Waals surface area contributed by atoms with Gasteiger partial charge in [0, 0.05) is 40.4 Å². The monoisotopic (exact) mass is 796 g/mol. The summed E-state index contributed by atoms with van der Waals surface area (Å²) in [5.41, 5.74) is 4.58. The Bertz CT molecular complexity index is 1340. The van der Waals surface area contributed by atoms with Crippen LogP contribution in [0.5, 0.6) is 0 Å². The van der Waals surface area contributed by atoms with Gasteiger partial charge in [-0.05, 0) is 129 Å². The molecule has 0 spiro atoms. The van der Waals surface area contributed by atoms with Crippen molar-refractivity contribution in [1.29, 1.82) is 0 Å². The molecule has 0 heterocycles. The fourth-order valence-corrected chi connectivity index (χ4v) is 6.52. The molecule has 49 heavy (non-hydrogen) atoms. The first-order valence-electron chi connectivity index (χ1n) is 16.9. The van der Waals surface area contributed by atoms with Crippen LogP contribution < -0.4 is 4.90 Å². The van der Waals surface area contributed by atoms with E-state index in [2.05, 4.69) is 74.2 Å². The summed E-state index contributed by atoms with van der Waals surface area (Å²) >= 11 is 0. The number of rotatable bonds is 3. The zero-order valence-corrected chi connectivity index (χ0v) is 35.1. The smallest absolute Gasteiger partial charge is 0.301 e. The van der Waals surface area contributed by atoms with Crippen molar-refractivity contribution in [2.24, 2.45) is 10.4 Å². The molecule has 1 N–H and O–H groups in total. The Morgan fingerprint density at radius 1 is 0.531 bits per heavy atom. The van der Waals surface area contributed by atoms with Gasteiger partial charge in [0.15, 0.2) is 0 Å². The summed E-state index contributed by atoms with van der Waals surface area (Å²) in [6.07, 6.45) is 0. The van der Waals surface area contributed by atoms with Gasteiger partial charge in [-0.25, -0.2) is 4.90 Å². The first-order valence-corrected chi connectivity index (χ1v) is 16.9. The number of amidine groups is 1. The Balaban J connectivity index is 0.000000324. The number of amides is 1. The van der Waals surface area contributed by atoms with Crippen molar-refractivity contribution in [2.45, 2.75) is 104 Å². The SMILES string of the molecule is CC1=C(C)C(C)(C(=O)N(C(O)=Nc2ccccc2)c2ccccc2)C(C)=C1C.C[C]1[C](C)[C](C)[C](C)[C]1C.C[C]1[C](C)[C](C)[C](C)[C]1C.[Sm]. The molecular weight excluding hydrogens is 739 g/mol. The van der Waals surface area contributed by atoms with E-state index >= 15 is 0 Å². The summed E-state index contributed by atoms with van der Waals surface area (Å²) in [7, 11) is 0. The number of hydrogen-bond acceptors (Lipinski definition) is 2. The average molecular weight is 795 g/mol. The second kappa shape index (κ2) is 18.1. The number of benzene rings is 2. The molecule has 3 aliphatic carbocycles. The van der Waals surface area contributed by atoms with Crippen LogP contribution in [0.3, 0.4) is 0 Å². The molecular formula is C44H56N2O2Sm. The molecule has 1 amide bonds. The van der Waals surface area contributed by atoms with Gasteiger partial charge < -0.3 is 5.11 Å². The molecule has 0 bridgehead atoms. The molecule has 0 unspecified atom stereocenters. The number of carbonyl (C=O) groups is 1. The molecule has 2 fully saturated rings. The maximum Gasteiger partial charge on any atom is 0.301 e. The Hall–Kier alpha value is -1.80. The molecule has 5 rings (SSSR count). The van der Waals surface area contributed by atoms with Crippen molar-refractivity contribution in [3.8, 4) is 0 Å². The number of aliphatic hydroxyl groups is 1. The number of aliphatic imine (C=N–C) groups is 1. The predicted molar refractivity (Wildman–Crippen MR) is 204 cm³/mol. The van der Waals surface area contributed by atoms with E-state index in [4.69, 9.17) is 0 Å². The molecule has 2 aromatic rings. The zero-order valence-electron chi connectivity index (χ0n) is 32.4. The standard InChI is InChI=1S/C24H26N2O2.2C10H15.Sm/c1-16-17(2)19(4)24(5,18(16)3)22(27)26(21-14-10-7-11-15-21)23(28)25-20-12-8-6-9-13-20;2*1-6-7(2)9(4)10(5)8(6)3;/h6-15H,1-5H3,(H,25,28);2*1-5H3;. The molecule has 0 aromatic heterocycles. The zero-order chi connectivity index (χ0) is 36.2. The van der Waals surface area contributed by atoms with Gasteiger partial charge in [0.2, 0.25) is 5.91 Å². The maximum atomic E-state index is 13.8. The third kappa shape index (κ3) is 8.99. The first kappa shape index (κ1) is 43.4. The number of anilines is 1. The van der Waals surface area contributed by atoms with E-state index in [1.807, 2.05) is 71.0 Å². The summed E-state index contributed by atoms with van der Waals surface area (Å²) in [5.74, 6) is 14.5. The summed E-state index contributed by atoms with van der Waals surface area (Å²) in [6, 6.07) is 17.9. The van der Waals surface area contributed by atoms with Crippen LogP contribution >= 0.6 is 0 Å². The molecule has 0 atom stereocenters. The Morgan fingerprint density at radius 2 is 0.816 bits per heavy atom. The van der Waals surface area contributed by atoms with Gasteiger partial charge in [0.25, 0.3) is 0 Å². The number of carbonyl (C=O) groups excluding carboxylic acids is 1. The molecule has 0 aliphatic heterocycles. The summed E-state index contributed by atoms with van der Waals surface area (Å²) in [5, 5.41) is 10.9. The normalized spacial score (nSPS) is 21.1. The van der Waals surface area contributed by atoms with E-state index in [0.717, 1.165) is 22.3 Å². The minimum atomic E-state index is -0.829. The van der Waals surface area contributed by atoms with Gasteiger partial charge in [0.1, 0.15) is 0 Å². The van der Waals surface area contributed by atoms with E-state index in [1.165, 1.54) is 64.1 Å². The first-order chi connectivity index (χ1) is 22.4. The molecule has 3 aliphatic rings. The van der Waals surface area contributed by atoms with Gasteiger partial charge in [-0.2, -0.15) is 4.99 Å². The quantitative estimate of drug-likeness (QED) is 0.249. The van der Waals surface area contributed by atoms with Crippen LogP contribution in [-0.2, 0) is 4.79 Å². The van der Waals surface area contributed by atoms with Crippen molar-refractivity contribution in [2.75, 3.05) is 4.90 Å². The van der Waals surface area contributed by atoms with Crippen LogP contribution in [-0.4, -0.2) is 17.0 Å². The third-order valence-electron chi connectivity index (χ3n) is 11.6. The van der Waals surface area contributed by atoms with Gasteiger partial charge in [-0.3, -0.25) is 4.79 Å². The Morgan fingerprint density at radius 3 is 1.12 bits per heavy atom. The van der Waals surface area contributed by atoms with Gasteiger partial charge >= 0.3 is 6.02 Å². The molecule has 2 saturated carbocycles. The summed E-state index contributed by atoms with van der Waals surface area (Å²) < 4.78 is 0. The molecule has 5 heteroatoms. The van der Waals surface area contributed by atoms with Crippen molar-refractivity contribution in [3.05, 3.63) is 142 Å². The minimum absolute atomic E-state index is 0. The van der Waals surface area contributed by atoms with Crippen molar-refractivity contribution >= 4 is 23.3 Å². The van der Waals surface area contributed by atoms with Crippen molar-refractivity contribution in [3.63, 3.8) is 0 Å². The summed E-state index contributed by atoms with van der Waals surface area (Å²) in [6.45, 7) is 32.0. The second-order valence-corrected chi connectivity index (χ2v) is 13.6. The van der Waals surface area contributed by atoms with Crippen LogP contribution in [0.1, 0.15) is 104 Å². The molecule has 260 valence electrons. The molecule has 2 aromatic carbocycles. The predicted octanol–water partition coefficient (Wildman–Crippen LogP) is 11.9. The Kier molecular flexibility index (Phi) is 16.0. The summed E-state index contributed by atoms with van der Waals surface area (Å²) in [4.78, 5) is 19.4. The van der Waals surface area contributed by atoms with E-state index in [-0.39, 0.29) is 52.3 Å². The minimum Gasteiger partial charge on any atom is -0.480 e. The van der Waals surface area contributed by atoms with E-state index in [9.17, 15) is 9.90 Å². The fraction of sp³-hybridized carbons (Fsp3) is 0.364. The van der Waals surface area contributed by atoms with Crippen LogP contribution in [0.25, 0.3) is 0 Å². The number of hydrogen-bond donors (Lipinski definition) is 1. The number of para-hydroxylation sites is 2. The second-order valence-electron chi connectivity index (χ2n) is 13.6. The maximum absolute atomic E-state index is 13.8. The molecule has 0 saturated heterocycles. The van der Waals surface area contributed by atoms with Gasteiger partial charge in [0.05, 0.1) is 16.8 Å². The number of nitrogens with zero attached hydrogens (tertiary/aromatic N) is 2. The van der Waals surface area contributed by atoms with Crippen LogP contribution in [0.4, 0.5) is 11.4 Å². The largest absolute Gasteiger partial charge is 0.480 e. The topological polar surface area (TPSA) is 52.9 Å². The Labute approximate surface area is 332 Å². The van der Waals surface area contributed by atoms with Crippen LogP contribution in [0, 0.1) is 105 Å².